The van der Waals surface area contributed by atoms with E-state index in [0.717, 1.165) is 36.6 Å². The Bertz CT molecular complexity index is 829. The first kappa shape index (κ1) is 17.4. The van der Waals surface area contributed by atoms with Crippen LogP contribution in [-0.2, 0) is 11.2 Å². The maximum atomic E-state index is 12.8. The van der Waals surface area contributed by atoms with Gasteiger partial charge in [-0.25, -0.2) is 9.97 Å². The lowest BCUT2D eigenvalue weighted by Crippen LogP contribution is -2.36. The second-order valence-electron chi connectivity index (χ2n) is 6.48. The summed E-state index contributed by atoms with van der Waals surface area (Å²) < 4.78 is 16.0. The highest BCUT2D eigenvalue weighted by molar-refractivity contribution is 5.79. The number of hydrogen-bond donors (Lipinski definition) is 0. The molecule has 27 heavy (non-hydrogen) atoms. The number of amides is 1. The van der Waals surface area contributed by atoms with E-state index in [1.165, 1.54) is 0 Å². The number of methoxy groups -OCH3 is 1. The molecule has 1 amide bonds. The minimum Gasteiger partial charge on any atom is -0.478 e. The Morgan fingerprint density at radius 2 is 1.96 bits per heavy atom. The van der Waals surface area contributed by atoms with Gasteiger partial charge in [0.2, 0.25) is 12.7 Å². The summed E-state index contributed by atoms with van der Waals surface area (Å²) in [4.78, 5) is 25.4. The van der Waals surface area contributed by atoms with Crippen molar-refractivity contribution in [1.29, 1.82) is 0 Å². The first-order chi connectivity index (χ1) is 13.2. The molecule has 1 aromatic carbocycles. The molecule has 8 heteroatoms. The Morgan fingerprint density at radius 3 is 2.85 bits per heavy atom. The second kappa shape index (κ2) is 7.69. The van der Waals surface area contributed by atoms with Crippen LogP contribution >= 0.6 is 0 Å². The zero-order chi connectivity index (χ0) is 18.6. The fraction of sp³-hybridized carbons (Fsp3) is 0.421. The van der Waals surface area contributed by atoms with Gasteiger partial charge in [-0.05, 0) is 24.1 Å². The van der Waals surface area contributed by atoms with E-state index in [0.29, 0.717) is 31.1 Å². The number of carbonyl (C=O) groups excluding carboxylic acids is 1. The third-order valence-corrected chi connectivity index (χ3v) is 4.78. The Kier molecular flexibility index (Phi) is 4.95. The Labute approximate surface area is 157 Å². The normalized spacial score (nSPS) is 16.2. The molecule has 0 N–H and O–H groups in total. The topological polar surface area (TPSA) is 77.0 Å². The Hall–Kier alpha value is -3.03. The molecule has 1 saturated heterocycles. The van der Waals surface area contributed by atoms with E-state index in [-0.39, 0.29) is 12.7 Å². The van der Waals surface area contributed by atoms with E-state index in [1.54, 1.807) is 19.5 Å². The molecular weight excluding hydrogens is 348 g/mol. The first-order valence-corrected chi connectivity index (χ1v) is 9.01. The first-order valence-electron chi connectivity index (χ1n) is 9.01. The van der Waals surface area contributed by atoms with E-state index in [9.17, 15) is 4.79 Å². The van der Waals surface area contributed by atoms with Crippen molar-refractivity contribution in [2.75, 3.05) is 45.0 Å². The molecule has 1 fully saturated rings. The Balaban J connectivity index is 1.40. The monoisotopic (exact) mass is 370 g/mol. The van der Waals surface area contributed by atoms with Crippen LogP contribution in [0.3, 0.4) is 0 Å². The molecule has 142 valence electrons. The molecule has 8 nitrogen and oxygen atoms in total. The van der Waals surface area contributed by atoms with Crippen molar-refractivity contribution in [3.05, 3.63) is 36.2 Å². The molecule has 0 saturated carbocycles. The van der Waals surface area contributed by atoms with Crippen LogP contribution in [0.25, 0.3) is 0 Å². The number of anilines is 1. The van der Waals surface area contributed by atoms with Crippen LogP contribution in [-0.4, -0.2) is 60.9 Å². The highest BCUT2D eigenvalue weighted by Gasteiger charge is 2.23. The van der Waals surface area contributed by atoms with E-state index < -0.39 is 0 Å². The quantitative estimate of drug-likeness (QED) is 0.807. The highest BCUT2D eigenvalue weighted by atomic mass is 16.7. The van der Waals surface area contributed by atoms with Crippen LogP contribution in [0.4, 0.5) is 5.82 Å². The fourth-order valence-electron chi connectivity index (χ4n) is 3.39. The van der Waals surface area contributed by atoms with Gasteiger partial charge in [-0.2, -0.15) is 0 Å². The average molecular weight is 370 g/mol. The molecule has 2 aliphatic rings. The van der Waals surface area contributed by atoms with E-state index >= 15 is 0 Å². The predicted molar refractivity (Wildman–Crippen MR) is 98.3 cm³/mol. The predicted octanol–water partition coefficient (Wildman–Crippen LogP) is 1.50. The number of carbonyl (C=O) groups is 1. The number of rotatable bonds is 4. The minimum absolute atomic E-state index is 0.113. The molecule has 2 aliphatic heterocycles. The minimum atomic E-state index is 0.113. The second-order valence-corrected chi connectivity index (χ2v) is 6.48. The van der Waals surface area contributed by atoms with Crippen molar-refractivity contribution >= 4 is 11.7 Å². The molecule has 0 spiro atoms. The lowest BCUT2D eigenvalue weighted by molar-refractivity contribution is -0.130. The standard InChI is InChI=1S/C19H22N4O4/c1-25-19-18(20-5-6-21-19)23-8-2-7-22(9-10-23)17(24)12-14-3-4-15-16(11-14)27-13-26-15/h3-6,11H,2,7-10,12-13H2,1H3. The van der Waals surface area contributed by atoms with Gasteiger partial charge in [-0.15, -0.1) is 0 Å². The SMILES string of the molecule is COc1nccnc1N1CCCN(C(=O)Cc2ccc3c(c2)OCO3)CC1. The number of hydrogen-bond acceptors (Lipinski definition) is 7. The molecule has 3 heterocycles. The van der Waals surface area contributed by atoms with Crippen LogP contribution in [0.15, 0.2) is 30.6 Å². The van der Waals surface area contributed by atoms with Crippen LogP contribution < -0.4 is 19.1 Å². The van der Waals surface area contributed by atoms with Gasteiger partial charge in [-0.1, -0.05) is 6.07 Å². The summed E-state index contributed by atoms with van der Waals surface area (Å²) in [6, 6.07) is 5.66. The average Bonchev–Trinajstić information content (AvgIpc) is 3.02. The lowest BCUT2D eigenvalue weighted by atomic mass is 10.1. The van der Waals surface area contributed by atoms with Crippen LogP contribution in [0.5, 0.6) is 17.4 Å². The zero-order valence-corrected chi connectivity index (χ0v) is 15.3. The fourth-order valence-corrected chi connectivity index (χ4v) is 3.39. The van der Waals surface area contributed by atoms with Crippen molar-refractivity contribution < 1.29 is 19.0 Å². The van der Waals surface area contributed by atoms with Crippen LogP contribution in [0.2, 0.25) is 0 Å². The summed E-state index contributed by atoms with van der Waals surface area (Å²) in [6.45, 7) is 3.11. The van der Waals surface area contributed by atoms with Crippen molar-refractivity contribution in [3.8, 4) is 17.4 Å². The van der Waals surface area contributed by atoms with Crippen molar-refractivity contribution in [2.24, 2.45) is 0 Å². The molecule has 4 rings (SSSR count). The summed E-state index contributed by atoms with van der Waals surface area (Å²) in [6.07, 6.45) is 4.49. The molecule has 2 aromatic rings. The molecule has 0 aliphatic carbocycles. The number of ether oxygens (including phenoxy) is 3. The molecular formula is C19H22N4O4. The van der Waals surface area contributed by atoms with E-state index in [2.05, 4.69) is 14.9 Å². The number of benzene rings is 1. The van der Waals surface area contributed by atoms with Gasteiger partial charge < -0.3 is 24.0 Å². The third-order valence-electron chi connectivity index (χ3n) is 4.78. The van der Waals surface area contributed by atoms with Gasteiger partial charge in [-0.3, -0.25) is 4.79 Å². The van der Waals surface area contributed by atoms with Crippen molar-refractivity contribution in [1.82, 2.24) is 14.9 Å². The van der Waals surface area contributed by atoms with Gasteiger partial charge in [0.25, 0.3) is 5.88 Å². The van der Waals surface area contributed by atoms with Gasteiger partial charge in [0, 0.05) is 38.6 Å². The Morgan fingerprint density at radius 1 is 1.11 bits per heavy atom. The molecule has 0 unspecified atom stereocenters. The molecule has 0 radical (unpaired) electrons. The smallest absolute Gasteiger partial charge is 0.257 e. The van der Waals surface area contributed by atoms with E-state index in [4.69, 9.17) is 14.2 Å². The third kappa shape index (κ3) is 3.74. The number of fused-ring (bicyclic) bond motifs is 1. The van der Waals surface area contributed by atoms with Gasteiger partial charge in [0.15, 0.2) is 17.3 Å². The molecule has 0 bridgehead atoms. The molecule has 1 aromatic heterocycles. The van der Waals surface area contributed by atoms with Crippen LogP contribution in [0, 0.1) is 0 Å². The maximum Gasteiger partial charge on any atom is 0.257 e. The summed E-state index contributed by atoms with van der Waals surface area (Å²) in [5.74, 6) is 2.79. The zero-order valence-electron chi connectivity index (χ0n) is 15.3. The summed E-state index contributed by atoms with van der Waals surface area (Å²) in [5.41, 5.74) is 0.931. The number of aromatic nitrogens is 2. The van der Waals surface area contributed by atoms with Crippen molar-refractivity contribution in [2.45, 2.75) is 12.8 Å². The van der Waals surface area contributed by atoms with E-state index in [1.807, 2.05) is 23.1 Å². The van der Waals surface area contributed by atoms with Gasteiger partial charge >= 0.3 is 0 Å². The summed E-state index contributed by atoms with van der Waals surface area (Å²) in [5, 5.41) is 0. The molecule has 0 atom stereocenters. The summed E-state index contributed by atoms with van der Waals surface area (Å²) in [7, 11) is 1.59. The number of nitrogens with zero attached hydrogens (tertiary/aromatic N) is 4. The highest BCUT2D eigenvalue weighted by Crippen LogP contribution is 2.32. The lowest BCUT2D eigenvalue weighted by Gasteiger charge is -2.23. The van der Waals surface area contributed by atoms with Crippen molar-refractivity contribution in [3.63, 3.8) is 0 Å². The van der Waals surface area contributed by atoms with Gasteiger partial charge in [0.05, 0.1) is 13.5 Å². The van der Waals surface area contributed by atoms with Crippen LogP contribution in [0.1, 0.15) is 12.0 Å². The largest absolute Gasteiger partial charge is 0.478 e. The van der Waals surface area contributed by atoms with Gasteiger partial charge in [0.1, 0.15) is 0 Å². The maximum absolute atomic E-state index is 12.8. The summed E-state index contributed by atoms with van der Waals surface area (Å²) >= 11 is 0.